The lowest BCUT2D eigenvalue weighted by Gasteiger charge is -2.27. The van der Waals surface area contributed by atoms with Crippen molar-refractivity contribution in [3.63, 3.8) is 0 Å². The molecule has 1 heterocycles. The number of nitrogens with zero attached hydrogens (tertiary/aromatic N) is 1. The number of barbiturate groups is 1. The highest BCUT2D eigenvalue weighted by Gasteiger charge is 2.37. The van der Waals surface area contributed by atoms with Gasteiger partial charge in [-0.05, 0) is 66.1 Å². The standard InChI is InChI=1S/C26H19ClN2O6/c1-15-21(27)6-3-7-22(15)29-24(31)20(23(30)28-26(29)34)13-17-4-2-5-19(12-17)35-14-16-8-10-18(11-9-16)25(32)33/h2-13H,14H2,1H3,(H,32,33)(H,28,30,34)/b20-13-. The average molecular weight is 491 g/mol. The van der Waals surface area contributed by atoms with E-state index in [1.807, 2.05) is 0 Å². The highest BCUT2D eigenvalue weighted by Crippen LogP contribution is 2.29. The van der Waals surface area contributed by atoms with Gasteiger partial charge in [-0.3, -0.25) is 14.9 Å². The number of nitrogens with one attached hydrogen (secondary N) is 1. The van der Waals surface area contributed by atoms with Crippen LogP contribution in [0.1, 0.15) is 27.0 Å². The Morgan fingerprint density at radius 1 is 1.06 bits per heavy atom. The normalized spacial score (nSPS) is 14.7. The van der Waals surface area contributed by atoms with Gasteiger partial charge in [0.2, 0.25) is 0 Å². The van der Waals surface area contributed by atoms with Crippen molar-refractivity contribution in [2.45, 2.75) is 13.5 Å². The van der Waals surface area contributed by atoms with E-state index in [4.69, 9.17) is 21.4 Å². The van der Waals surface area contributed by atoms with Crippen molar-refractivity contribution in [2.75, 3.05) is 4.90 Å². The fraction of sp³-hybridized carbons (Fsp3) is 0.0769. The molecule has 4 amide bonds. The van der Waals surface area contributed by atoms with E-state index >= 15 is 0 Å². The molecule has 9 heteroatoms. The summed E-state index contributed by atoms with van der Waals surface area (Å²) in [5.74, 6) is -2.11. The molecule has 4 rings (SSSR count). The molecule has 3 aromatic rings. The zero-order chi connectivity index (χ0) is 25.1. The maximum Gasteiger partial charge on any atom is 0.335 e. The second kappa shape index (κ2) is 9.82. The van der Waals surface area contributed by atoms with Crippen molar-refractivity contribution in [3.8, 4) is 5.75 Å². The number of carboxylic acid groups (broad SMARTS) is 1. The number of rotatable bonds is 6. The number of imide groups is 2. The van der Waals surface area contributed by atoms with Crippen LogP contribution in [-0.4, -0.2) is 28.9 Å². The lowest BCUT2D eigenvalue weighted by atomic mass is 10.1. The van der Waals surface area contributed by atoms with Crippen LogP contribution in [0.2, 0.25) is 5.02 Å². The summed E-state index contributed by atoms with van der Waals surface area (Å²) < 4.78 is 5.77. The molecule has 0 radical (unpaired) electrons. The Balaban J connectivity index is 1.56. The van der Waals surface area contributed by atoms with E-state index in [1.54, 1.807) is 61.5 Å². The van der Waals surface area contributed by atoms with Crippen LogP contribution >= 0.6 is 11.6 Å². The number of hydrogen-bond donors (Lipinski definition) is 2. The number of anilines is 1. The summed E-state index contributed by atoms with van der Waals surface area (Å²) in [4.78, 5) is 49.9. The highest BCUT2D eigenvalue weighted by molar-refractivity contribution is 6.39. The Hall–Kier alpha value is -4.43. The Morgan fingerprint density at radius 2 is 1.77 bits per heavy atom. The topological polar surface area (TPSA) is 113 Å². The third-order valence-electron chi connectivity index (χ3n) is 5.36. The van der Waals surface area contributed by atoms with E-state index in [0.717, 1.165) is 10.5 Å². The van der Waals surface area contributed by atoms with Gasteiger partial charge in [-0.2, -0.15) is 0 Å². The van der Waals surface area contributed by atoms with Crippen molar-refractivity contribution in [1.82, 2.24) is 5.32 Å². The van der Waals surface area contributed by atoms with Gasteiger partial charge in [-0.25, -0.2) is 14.5 Å². The summed E-state index contributed by atoms with van der Waals surface area (Å²) in [5, 5.41) is 11.6. The monoisotopic (exact) mass is 490 g/mol. The smallest absolute Gasteiger partial charge is 0.335 e. The van der Waals surface area contributed by atoms with Crippen LogP contribution in [0.3, 0.4) is 0 Å². The number of halogens is 1. The summed E-state index contributed by atoms with van der Waals surface area (Å²) in [6.45, 7) is 1.86. The van der Waals surface area contributed by atoms with E-state index in [9.17, 15) is 19.2 Å². The molecule has 1 saturated heterocycles. The molecule has 1 aliphatic heterocycles. The van der Waals surface area contributed by atoms with Crippen LogP contribution in [0.4, 0.5) is 10.5 Å². The fourth-order valence-electron chi connectivity index (χ4n) is 3.49. The molecule has 0 spiro atoms. The Kier molecular flexibility index (Phi) is 6.66. The third-order valence-corrected chi connectivity index (χ3v) is 5.77. The third kappa shape index (κ3) is 5.07. The second-order valence-electron chi connectivity index (χ2n) is 7.71. The van der Waals surface area contributed by atoms with Gasteiger partial charge in [0.15, 0.2) is 0 Å². The van der Waals surface area contributed by atoms with Crippen LogP contribution in [0.25, 0.3) is 6.08 Å². The number of aromatic carboxylic acids is 1. The molecule has 176 valence electrons. The molecule has 0 aliphatic carbocycles. The Labute approximate surface area is 205 Å². The molecule has 1 aliphatic rings. The van der Waals surface area contributed by atoms with Crippen LogP contribution in [-0.2, 0) is 16.2 Å². The van der Waals surface area contributed by atoms with E-state index in [2.05, 4.69) is 5.32 Å². The van der Waals surface area contributed by atoms with Gasteiger partial charge in [0.05, 0.1) is 11.3 Å². The number of carboxylic acids is 1. The van der Waals surface area contributed by atoms with Gasteiger partial charge in [0.1, 0.15) is 17.9 Å². The predicted molar refractivity (Wildman–Crippen MR) is 129 cm³/mol. The second-order valence-corrected chi connectivity index (χ2v) is 8.11. The summed E-state index contributed by atoms with van der Waals surface area (Å²) in [5.41, 5.74) is 2.05. The summed E-state index contributed by atoms with van der Waals surface area (Å²) in [6, 6.07) is 17.0. The minimum absolute atomic E-state index is 0.179. The van der Waals surface area contributed by atoms with Crippen molar-refractivity contribution in [2.24, 2.45) is 0 Å². The van der Waals surface area contributed by atoms with Crippen molar-refractivity contribution < 1.29 is 29.0 Å². The molecule has 2 N–H and O–H groups in total. The maximum atomic E-state index is 13.1. The van der Waals surface area contributed by atoms with Gasteiger partial charge in [-0.1, -0.05) is 41.9 Å². The van der Waals surface area contributed by atoms with Crippen LogP contribution in [0, 0.1) is 6.92 Å². The number of amides is 4. The van der Waals surface area contributed by atoms with E-state index < -0.39 is 23.8 Å². The molecule has 1 fully saturated rings. The minimum atomic E-state index is -1.01. The quantitative estimate of drug-likeness (QED) is 0.386. The molecule has 3 aromatic carbocycles. The van der Waals surface area contributed by atoms with E-state index in [1.165, 1.54) is 18.2 Å². The average Bonchev–Trinajstić information content (AvgIpc) is 2.83. The van der Waals surface area contributed by atoms with Crippen molar-refractivity contribution in [3.05, 3.63) is 99.6 Å². The fourth-order valence-corrected chi connectivity index (χ4v) is 3.66. The molecule has 0 aromatic heterocycles. The number of carbonyl (C=O) groups is 4. The number of urea groups is 1. The van der Waals surface area contributed by atoms with Crippen molar-refractivity contribution in [1.29, 1.82) is 0 Å². The van der Waals surface area contributed by atoms with Gasteiger partial charge < -0.3 is 9.84 Å². The summed E-state index contributed by atoms with van der Waals surface area (Å²) in [6.07, 6.45) is 1.38. The van der Waals surface area contributed by atoms with Gasteiger partial charge >= 0.3 is 12.0 Å². The molecular formula is C26H19ClN2O6. The summed E-state index contributed by atoms with van der Waals surface area (Å²) >= 11 is 6.15. The van der Waals surface area contributed by atoms with E-state index in [-0.39, 0.29) is 23.4 Å². The highest BCUT2D eigenvalue weighted by atomic mass is 35.5. The molecular weight excluding hydrogens is 472 g/mol. The van der Waals surface area contributed by atoms with Crippen LogP contribution < -0.4 is 15.0 Å². The zero-order valence-corrected chi connectivity index (χ0v) is 19.2. The minimum Gasteiger partial charge on any atom is -0.489 e. The molecule has 0 saturated carbocycles. The Morgan fingerprint density at radius 3 is 2.49 bits per heavy atom. The lowest BCUT2D eigenvalue weighted by Crippen LogP contribution is -2.54. The predicted octanol–water partition coefficient (Wildman–Crippen LogP) is 4.59. The molecule has 0 bridgehead atoms. The molecule has 0 unspecified atom stereocenters. The first-order valence-corrected chi connectivity index (χ1v) is 10.8. The first-order valence-electron chi connectivity index (χ1n) is 10.5. The van der Waals surface area contributed by atoms with E-state index in [0.29, 0.717) is 21.9 Å². The first-order chi connectivity index (χ1) is 16.7. The maximum absolute atomic E-state index is 13.1. The Bertz CT molecular complexity index is 1380. The van der Waals surface area contributed by atoms with Gasteiger partial charge in [0.25, 0.3) is 11.8 Å². The van der Waals surface area contributed by atoms with Crippen LogP contribution in [0.5, 0.6) is 5.75 Å². The number of benzene rings is 3. The van der Waals surface area contributed by atoms with Gasteiger partial charge in [0, 0.05) is 5.02 Å². The van der Waals surface area contributed by atoms with Crippen molar-refractivity contribution >= 4 is 47.2 Å². The molecule has 8 nitrogen and oxygen atoms in total. The lowest BCUT2D eigenvalue weighted by molar-refractivity contribution is -0.122. The number of carbonyl (C=O) groups excluding carboxylic acids is 3. The largest absolute Gasteiger partial charge is 0.489 e. The molecule has 0 atom stereocenters. The first kappa shape index (κ1) is 23.7. The van der Waals surface area contributed by atoms with Crippen LogP contribution in [0.15, 0.2) is 72.3 Å². The SMILES string of the molecule is Cc1c(Cl)cccc1N1C(=O)NC(=O)/C(=C/c2cccc(OCc3ccc(C(=O)O)cc3)c2)C1=O. The molecule has 35 heavy (non-hydrogen) atoms. The number of hydrogen-bond acceptors (Lipinski definition) is 5. The zero-order valence-electron chi connectivity index (χ0n) is 18.4. The number of ether oxygens (including phenoxy) is 1. The summed E-state index contributed by atoms with van der Waals surface area (Å²) in [7, 11) is 0. The van der Waals surface area contributed by atoms with Gasteiger partial charge in [-0.15, -0.1) is 0 Å².